The number of hydrogen-bond donors (Lipinski definition) is 3. The van der Waals surface area contributed by atoms with Crippen molar-refractivity contribution >= 4 is 17.9 Å². The van der Waals surface area contributed by atoms with E-state index in [1.54, 1.807) is 6.92 Å². The van der Waals surface area contributed by atoms with Gasteiger partial charge in [0, 0.05) is 19.8 Å². The highest BCUT2D eigenvalue weighted by Crippen LogP contribution is 2.02. The second kappa shape index (κ2) is 7.83. The molecule has 21 heavy (non-hydrogen) atoms. The molecule has 1 rings (SSSR count). The van der Waals surface area contributed by atoms with Gasteiger partial charge in [0.25, 0.3) is 0 Å². The highest BCUT2D eigenvalue weighted by molar-refractivity contribution is 5.87. The fourth-order valence-electron chi connectivity index (χ4n) is 1.57. The molecule has 8 heteroatoms. The Morgan fingerprint density at radius 3 is 2.67 bits per heavy atom. The second-order valence-corrected chi connectivity index (χ2v) is 4.19. The maximum Gasteiger partial charge on any atom is 0.335 e. The van der Waals surface area contributed by atoms with E-state index in [4.69, 9.17) is 5.11 Å². The van der Waals surface area contributed by atoms with E-state index >= 15 is 0 Å². The number of aromatic nitrogens is 1. The van der Waals surface area contributed by atoms with Crippen LogP contribution in [0.4, 0.5) is 4.79 Å². The Bertz CT molecular complexity index is 533. The maximum atomic E-state index is 11.9. The molecule has 114 valence electrons. The predicted octanol–water partition coefficient (Wildman–Crippen LogP) is 0.0573. The summed E-state index contributed by atoms with van der Waals surface area (Å²) in [5.74, 6) is -1.32. The van der Waals surface area contributed by atoms with Crippen LogP contribution in [0, 0.1) is 0 Å². The minimum Gasteiger partial charge on any atom is -0.478 e. The molecule has 1 aromatic rings. The molecular formula is C13H18N4O4. The van der Waals surface area contributed by atoms with Crippen molar-refractivity contribution in [3.8, 4) is 0 Å². The Morgan fingerprint density at radius 1 is 1.38 bits per heavy atom. The molecule has 1 heterocycles. The molecule has 8 nitrogen and oxygen atoms in total. The number of hydrogen-bond acceptors (Lipinski definition) is 4. The first-order chi connectivity index (χ1) is 9.97. The van der Waals surface area contributed by atoms with Crippen molar-refractivity contribution in [1.82, 2.24) is 20.5 Å². The third-order valence-electron chi connectivity index (χ3n) is 2.77. The number of nitrogens with one attached hydrogen (secondary N) is 2. The van der Waals surface area contributed by atoms with E-state index in [0.717, 1.165) is 0 Å². The first-order valence-electron chi connectivity index (χ1n) is 6.39. The van der Waals surface area contributed by atoms with Gasteiger partial charge in [-0.25, -0.2) is 9.59 Å². The van der Waals surface area contributed by atoms with Gasteiger partial charge < -0.3 is 20.6 Å². The molecule has 0 saturated heterocycles. The quantitative estimate of drug-likeness (QED) is 0.686. The van der Waals surface area contributed by atoms with Crippen molar-refractivity contribution in [3.63, 3.8) is 0 Å². The molecule has 0 unspecified atom stereocenters. The van der Waals surface area contributed by atoms with Crippen molar-refractivity contribution in [1.29, 1.82) is 0 Å². The van der Waals surface area contributed by atoms with E-state index in [9.17, 15) is 14.4 Å². The van der Waals surface area contributed by atoms with Crippen LogP contribution < -0.4 is 10.6 Å². The van der Waals surface area contributed by atoms with Gasteiger partial charge in [0.1, 0.15) is 6.54 Å². The first-order valence-corrected chi connectivity index (χ1v) is 6.39. The minimum absolute atomic E-state index is 0.0403. The Hall–Kier alpha value is -2.64. The number of amides is 3. The summed E-state index contributed by atoms with van der Waals surface area (Å²) in [5, 5.41) is 13.9. The zero-order valence-electron chi connectivity index (χ0n) is 11.9. The number of urea groups is 1. The lowest BCUT2D eigenvalue weighted by Crippen LogP contribution is -2.44. The summed E-state index contributed by atoms with van der Waals surface area (Å²) in [6.07, 6.45) is 1.37. The summed E-state index contributed by atoms with van der Waals surface area (Å²) in [6.45, 7) is 2.18. The largest absolute Gasteiger partial charge is 0.478 e. The van der Waals surface area contributed by atoms with E-state index < -0.39 is 12.0 Å². The number of carboxylic acid groups (broad SMARTS) is 1. The van der Waals surface area contributed by atoms with Crippen LogP contribution in [0.25, 0.3) is 0 Å². The van der Waals surface area contributed by atoms with Crippen LogP contribution in [0.15, 0.2) is 18.3 Å². The molecule has 0 saturated carbocycles. The summed E-state index contributed by atoms with van der Waals surface area (Å²) < 4.78 is 0. The molecule has 3 amide bonds. The number of pyridine rings is 1. The number of nitrogens with zero attached hydrogens (tertiary/aromatic N) is 2. The van der Waals surface area contributed by atoms with Gasteiger partial charge in [-0.1, -0.05) is 0 Å². The zero-order valence-corrected chi connectivity index (χ0v) is 11.9. The lowest BCUT2D eigenvalue weighted by Gasteiger charge is -2.20. The molecule has 0 aliphatic carbocycles. The number of likely N-dealkylation sites (N-methyl/N-ethyl adjacent to an activating group) is 2. The third kappa shape index (κ3) is 5.09. The number of aromatic carboxylic acids is 1. The summed E-state index contributed by atoms with van der Waals surface area (Å²) in [6, 6.07) is 2.35. The summed E-state index contributed by atoms with van der Waals surface area (Å²) in [5.41, 5.74) is 0.534. The number of carboxylic acids is 1. The predicted molar refractivity (Wildman–Crippen MR) is 74.7 cm³/mol. The fraction of sp³-hybridized carbons (Fsp3) is 0.385. The molecule has 0 radical (unpaired) electrons. The average Bonchev–Trinajstić information content (AvgIpc) is 2.50. The number of carbonyl (C=O) groups excluding carboxylic acids is 2. The standard InChI is InChI=1S/C13H18N4O4/c1-3-17(8-11(18)14-2)13(21)16-7-10-6-9(12(19)20)4-5-15-10/h4-6H,3,7-8H2,1-2H3,(H,14,18)(H,16,21)(H,19,20). The van der Waals surface area contributed by atoms with Gasteiger partial charge in [-0.05, 0) is 19.1 Å². The van der Waals surface area contributed by atoms with Crippen LogP contribution in [-0.2, 0) is 11.3 Å². The van der Waals surface area contributed by atoms with Crippen molar-refractivity contribution in [2.24, 2.45) is 0 Å². The molecule has 3 N–H and O–H groups in total. The SMILES string of the molecule is CCN(CC(=O)NC)C(=O)NCc1cc(C(=O)O)ccn1. The van der Waals surface area contributed by atoms with Crippen LogP contribution >= 0.6 is 0 Å². The monoisotopic (exact) mass is 294 g/mol. The van der Waals surface area contributed by atoms with Gasteiger partial charge in [-0.15, -0.1) is 0 Å². The summed E-state index contributed by atoms with van der Waals surface area (Å²) in [7, 11) is 1.50. The van der Waals surface area contributed by atoms with E-state index in [-0.39, 0.29) is 24.6 Å². The Labute approximate surface area is 122 Å². The molecule has 0 aromatic carbocycles. The van der Waals surface area contributed by atoms with Crippen molar-refractivity contribution < 1.29 is 19.5 Å². The van der Waals surface area contributed by atoms with Gasteiger partial charge in [0.05, 0.1) is 17.8 Å². The van der Waals surface area contributed by atoms with Crippen LogP contribution in [0.5, 0.6) is 0 Å². The van der Waals surface area contributed by atoms with Gasteiger partial charge in [-0.2, -0.15) is 0 Å². The first kappa shape index (κ1) is 16.4. The minimum atomic E-state index is -1.06. The topological polar surface area (TPSA) is 112 Å². The van der Waals surface area contributed by atoms with Gasteiger partial charge in [0.2, 0.25) is 5.91 Å². The van der Waals surface area contributed by atoms with Crippen LogP contribution in [0.3, 0.4) is 0 Å². The van der Waals surface area contributed by atoms with Crippen LogP contribution in [-0.4, -0.2) is 53.0 Å². The maximum absolute atomic E-state index is 11.9. The van der Waals surface area contributed by atoms with Crippen molar-refractivity contribution in [2.75, 3.05) is 20.1 Å². The van der Waals surface area contributed by atoms with Gasteiger partial charge in [0.15, 0.2) is 0 Å². The summed E-state index contributed by atoms with van der Waals surface area (Å²) in [4.78, 5) is 39.3. The Balaban J connectivity index is 2.60. The number of carbonyl (C=O) groups is 3. The Kier molecular flexibility index (Phi) is 6.12. The van der Waals surface area contributed by atoms with Gasteiger partial charge >= 0.3 is 12.0 Å². The van der Waals surface area contributed by atoms with E-state index in [1.807, 2.05) is 0 Å². The highest BCUT2D eigenvalue weighted by Gasteiger charge is 2.14. The lowest BCUT2D eigenvalue weighted by atomic mass is 10.2. The zero-order chi connectivity index (χ0) is 15.8. The highest BCUT2D eigenvalue weighted by atomic mass is 16.4. The fourth-order valence-corrected chi connectivity index (χ4v) is 1.57. The van der Waals surface area contributed by atoms with Crippen LogP contribution in [0.2, 0.25) is 0 Å². The number of rotatable bonds is 6. The smallest absolute Gasteiger partial charge is 0.335 e. The van der Waals surface area contributed by atoms with Gasteiger partial charge in [-0.3, -0.25) is 9.78 Å². The Morgan fingerprint density at radius 2 is 2.10 bits per heavy atom. The van der Waals surface area contributed by atoms with E-state index in [2.05, 4.69) is 15.6 Å². The molecule has 0 fully saturated rings. The molecule has 0 atom stereocenters. The lowest BCUT2D eigenvalue weighted by molar-refractivity contribution is -0.121. The second-order valence-electron chi connectivity index (χ2n) is 4.19. The van der Waals surface area contributed by atoms with Crippen molar-refractivity contribution in [3.05, 3.63) is 29.6 Å². The van der Waals surface area contributed by atoms with Crippen LogP contribution in [0.1, 0.15) is 23.0 Å². The molecule has 0 aliphatic heterocycles. The average molecular weight is 294 g/mol. The molecule has 0 spiro atoms. The molecule has 1 aromatic heterocycles. The normalized spacial score (nSPS) is 9.81. The van der Waals surface area contributed by atoms with Crippen molar-refractivity contribution in [2.45, 2.75) is 13.5 Å². The van der Waals surface area contributed by atoms with E-state index in [0.29, 0.717) is 12.2 Å². The van der Waals surface area contributed by atoms with E-state index in [1.165, 1.54) is 30.3 Å². The summed E-state index contributed by atoms with van der Waals surface area (Å²) >= 11 is 0. The molecular weight excluding hydrogens is 276 g/mol. The molecule has 0 bridgehead atoms. The third-order valence-corrected chi connectivity index (χ3v) is 2.77. The molecule has 0 aliphatic rings.